The zero-order valence-corrected chi connectivity index (χ0v) is 8.88. The van der Waals surface area contributed by atoms with Crippen LogP contribution in [0.3, 0.4) is 0 Å². The second-order valence-electron chi connectivity index (χ2n) is 3.15. The Bertz CT molecular complexity index is 493. The summed E-state index contributed by atoms with van der Waals surface area (Å²) in [5.74, 6) is -1.77. The van der Waals surface area contributed by atoms with Crippen LogP contribution >= 0.6 is 0 Å². The van der Waals surface area contributed by atoms with E-state index in [-0.39, 0.29) is 17.7 Å². The average Bonchev–Trinajstić information content (AvgIpc) is 2.30. The summed E-state index contributed by atoms with van der Waals surface area (Å²) in [6.07, 6.45) is 3.38. The minimum absolute atomic E-state index is 0.0286. The van der Waals surface area contributed by atoms with E-state index in [1.807, 2.05) is 0 Å². The fraction of sp³-hybridized carbons (Fsp3) is 0.182. The SMILES string of the molecule is [N-]=[N+]=NCCC=Cc1c(F)cccc1C(=O)O. The smallest absolute Gasteiger partial charge is 0.336 e. The first-order valence-electron chi connectivity index (χ1n) is 4.86. The molecule has 0 aliphatic heterocycles. The minimum Gasteiger partial charge on any atom is -0.478 e. The van der Waals surface area contributed by atoms with Gasteiger partial charge in [-0.25, -0.2) is 9.18 Å². The molecule has 0 unspecified atom stereocenters. The molecule has 0 saturated heterocycles. The highest BCUT2D eigenvalue weighted by Gasteiger charge is 2.10. The molecule has 6 heteroatoms. The Morgan fingerprint density at radius 2 is 2.35 bits per heavy atom. The summed E-state index contributed by atoms with van der Waals surface area (Å²) in [7, 11) is 0. The number of aromatic carboxylic acids is 1. The van der Waals surface area contributed by atoms with Gasteiger partial charge in [0.15, 0.2) is 0 Å². The van der Waals surface area contributed by atoms with Crippen LogP contribution < -0.4 is 0 Å². The van der Waals surface area contributed by atoms with Crippen LogP contribution in [0.15, 0.2) is 29.4 Å². The molecule has 0 saturated carbocycles. The average molecular weight is 235 g/mol. The number of azide groups is 1. The van der Waals surface area contributed by atoms with Crippen molar-refractivity contribution in [2.75, 3.05) is 6.54 Å². The summed E-state index contributed by atoms with van der Waals surface area (Å²) in [5.41, 5.74) is 7.98. The van der Waals surface area contributed by atoms with Crippen LogP contribution in [0.2, 0.25) is 0 Å². The van der Waals surface area contributed by atoms with Crippen molar-refractivity contribution in [3.63, 3.8) is 0 Å². The van der Waals surface area contributed by atoms with E-state index < -0.39 is 11.8 Å². The Hall–Kier alpha value is -2.33. The lowest BCUT2D eigenvalue weighted by atomic mass is 10.1. The molecule has 0 radical (unpaired) electrons. The second-order valence-corrected chi connectivity index (χ2v) is 3.15. The van der Waals surface area contributed by atoms with Gasteiger partial charge in [0.2, 0.25) is 0 Å². The second kappa shape index (κ2) is 6.30. The van der Waals surface area contributed by atoms with Gasteiger partial charge in [0.1, 0.15) is 5.82 Å². The molecular weight excluding hydrogens is 225 g/mol. The summed E-state index contributed by atoms with van der Waals surface area (Å²) >= 11 is 0. The monoisotopic (exact) mass is 235 g/mol. The van der Waals surface area contributed by atoms with Crippen molar-refractivity contribution in [2.24, 2.45) is 5.11 Å². The number of hydrogen-bond acceptors (Lipinski definition) is 2. The van der Waals surface area contributed by atoms with Crippen molar-refractivity contribution < 1.29 is 14.3 Å². The van der Waals surface area contributed by atoms with Gasteiger partial charge < -0.3 is 5.11 Å². The van der Waals surface area contributed by atoms with Crippen molar-refractivity contribution in [3.8, 4) is 0 Å². The number of halogens is 1. The molecule has 0 amide bonds. The first kappa shape index (κ1) is 12.7. The quantitative estimate of drug-likeness (QED) is 0.367. The van der Waals surface area contributed by atoms with Gasteiger partial charge in [-0.1, -0.05) is 23.3 Å². The molecule has 1 rings (SSSR count). The molecule has 0 aromatic heterocycles. The van der Waals surface area contributed by atoms with Gasteiger partial charge >= 0.3 is 5.97 Å². The van der Waals surface area contributed by atoms with Gasteiger partial charge in [-0.3, -0.25) is 0 Å². The van der Waals surface area contributed by atoms with Crippen LogP contribution in [-0.2, 0) is 0 Å². The van der Waals surface area contributed by atoms with Gasteiger partial charge in [-0.15, -0.1) is 0 Å². The molecule has 0 atom stereocenters. The van der Waals surface area contributed by atoms with Crippen molar-refractivity contribution in [2.45, 2.75) is 6.42 Å². The van der Waals surface area contributed by atoms with Crippen LogP contribution in [0.1, 0.15) is 22.3 Å². The Kier molecular flexibility index (Phi) is 4.72. The third-order valence-electron chi connectivity index (χ3n) is 2.03. The van der Waals surface area contributed by atoms with E-state index in [1.54, 1.807) is 6.08 Å². The molecule has 0 spiro atoms. The molecule has 1 aromatic carbocycles. The lowest BCUT2D eigenvalue weighted by molar-refractivity contribution is 0.0696. The first-order chi connectivity index (χ1) is 8.16. The van der Waals surface area contributed by atoms with Crippen LogP contribution in [-0.4, -0.2) is 17.6 Å². The number of benzene rings is 1. The van der Waals surface area contributed by atoms with E-state index in [9.17, 15) is 9.18 Å². The number of rotatable bonds is 5. The van der Waals surface area contributed by atoms with Crippen LogP contribution in [0.4, 0.5) is 4.39 Å². The molecule has 0 fully saturated rings. The largest absolute Gasteiger partial charge is 0.478 e. The van der Waals surface area contributed by atoms with E-state index in [2.05, 4.69) is 10.0 Å². The van der Waals surface area contributed by atoms with Gasteiger partial charge in [0.05, 0.1) is 5.56 Å². The van der Waals surface area contributed by atoms with E-state index in [1.165, 1.54) is 24.3 Å². The summed E-state index contributed by atoms with van der Waals surface area (Å²) in [5, 5.41) is 12.2. The van der Waals surface area contributed by atoms with Crippen LogP contribution in [0, 0.1) is 5.82 Å². The molecule has 1 aromatic rings. The van der Waals surface area contributed by atoms with Gasteiger partial charge in [0, 0.05) is 17.0 Å². The van der Waals surface area contributed by atoms with Crippen molar-refractivity contribution in [1.29, 1.82) is 0 Å². The van der Waals surface area contributed by atoms with Crippen molar-refractivity contribution in [1.82, 2.24) is 0 Å². The molecule has 0 aliphatic carbocycles. The molecule has 5 nitrogen and oxygen atoms in total. The predicted octanol–water partition coefficient (Wildman–Crippen LogP) is 3.24. The fourth-order valence-corrected chi connectivity index (χ4v) is 1.27. The maximum absolute atomic E-state index is 13.4. The number of hydrogen-bond donors (Lipinski definition) is 1. The van der Waals surface area contributed by atoms with E-state index in [0.29, 0.717) is 6.42 Å². The lowest BCUT2D eigenvalue weighted by Crippen LogP contribution is -2.01. The van der Waals surface area contributed by atoms with Crippen LogP contribution in [0.5, 0.6) is 0 Å². The Balaban J connectivity index is 2.89. The number of carboxylic acids is 1. The normalized spacial score (nSPS) is 10.2. The molecule has 88 valence electrons. The summed E-state index contributed by atoms with van der Waals surface area (Å²) in [4.78, 5) is 13.4. The van der Waals surface area contributed by atoms with Gasteiger partial charge in [0.25, 0.3) is 0 Å². The molecule has 0 bridgehead atoms. The third kappa shape index (κ3) is 3.62. The topological polar surface area (TPSA) is 86.1 Å². The van der Waals surface area contributed by atoms with E-state index >= 15 is 0 Å². The highest BCUT2D eigenvalue weighted by atomic mass is 19.1. The summed E-state index contributed by atoms with van der Waals surface area (Å²) in [6, 6.07) is 3.87. The lowest BCUT2D eigenvalue weighted by Gasteiger charge is -2.01. The van der Waals surface area contributed by atoms with E-state index in [0.717, 1.165) is 0 Å². The number of nitrogens with zero attached hydrogens (tertiary/aromatic N) is 3. The Labute approximate surface area is 96.8 Å². The number of carbonyl (C=O) groups is 1. The van der Waals surface area contributed by atoms with Crippen molar-refractivity contribution in [3.05, 3.63) is 51.7 Å². The molecule has 17 heavy (non-hydrogen) atoms. The van der Waals surface area contributed by atoms with E-state index in [4.69, 9.17) is 10.6 Å². The van der Waals surface area contributed by atoms with Gasteiger partial charge in [-0.05, 0) is 24.1 Å². The maximum atomic E-state index is 13.4. The van der Waals surface area contributed by atoms with Crippen LogP contribution in [0.25, 0.3) is 16.5 Å². The summed E-state index contributed by atoms with van der Waals surface area (Å²) in [6.45, 7) is 0.254. The minimum atomic E-state index is -1.18. The standard InChI is InChI=1S/C11H10FN3O2/c12-10-6-3-5-9(11(16)17)8(10)4-1-2-7-14-15-13/h1,3-6H,2,7H2,(H,16,17). The molecule has 1 N–H and O–H groups in total. The van der Waals surface area contributed by atoms with Gasteiger partial charge in [-0.2, -0.15) is 0 Å². The van der Waals surface area contributed by atoms with Crippen molar-refractivity contribution >= 4 is 12.0 Å². The zero-order chi connectivity index (χ0) is 12.7. The summed E-state index contributed by atoms with van der Waals surface area (Å²) < 4.78 is 13.4. The molecular formula is C11H10FN3O2. The first-order valence-corrected chi connectivity index (χ1v) is 4.86. The molecule has 0 heterocycles. The Morgan fingerprint density at radius 1 is 1.59 bits per heavy atom. The third-order valence-corrected chi connectivity index (χ3v) is 2.03. The highest BCUT2D eigenvalue weighted by Crippen LogP contribution is 2.15. The molecule has 0 aliphatic rings. The number of carboxylic acid groups (broad SMARTS) is 1. The predicted molar refractivity (Wildman–Crippen MR) is 61.0 cm³/mol. The highest BCUT2D eigenvalue weighted by molar-refractivity contribution is 5.92. The zero-order valence-electron chi connectivity index (χ0n) is 8.88. The Morgan fingerprint density at radius 3 is 3.00 bits per heavy atom. The maximum Gasteiger partial charge on any atom is 0.336 e. The fourth-order valence-electron chi connectivity index (χ4n) is 1.27.